The predicted octanol–water partition coefficient (Wildman–Crippen LogP) is 5.54. The number of amides is 2. The van der Waals surface area contributed by atoms with E-state index in [2.05, 4.69) is 5.32 Å². The molecular formula is C30H33ClFN3O4S. The molecule has 0 aliphatic heterocycles. The Morgan fingerprint density at radius 2 is 1.65 bits per heavy atom. The SMILES string of the molecule is CC(C(=O)NC1CCCCC1)N(Cc1ccccc1F)C(=O)CN(c1cccc(Cl)c1)S(=O)(=O)c1ccccc1. The number of nitrogens with one attached hydrogen (secondary N) is 1. The fraction of sp³-hybridized carbons (Fsp3) is 0.333. The molecule has 0 saturated heterocycles. The van der Waals surface area contributed by atoms with Gasteiger partial charge in [-0.1, -0.05) is 73.3 Å². The molecule has 1 N–H and O–H groups in total. The Bertz CT molecular complexity index is 1430. The maximum Gasteiger partial charge on any atom is 0.264 e. The van der Waals surface area contributed by atoms with Crippen LogP contribution in [0, 0.1) is 5.82 Å². The van der Waals surface area contributed by atoms with E-state index >= 15 is 0 Å². The third-order valence-electron chi connectivity index (χ3n) is 7.12. The lowest BCUT2D eigenvalue weighted by Crippen LogP contribution is -2.53. The molecule has 1 fully saturated rings. The van der Waals surface area contributed by atoms with Crippen molar-refractivity contribution in [2.24, 2.45) is 0 Å². The molecule has 1 saturated carbocycles. The molecule has 0 spiro atoms. The van der Waals surface area contributed by atoms with Crippen molar-refractivity contribution in [3.8, 4) is 0 Å². The minimum absolute atomic E-state index is 0.00785. The Morgan fingerprint density at radius 3 is 2.33 bits per heavy atom. The first-order valence-corrected chi connectivity index (χ1v) is 15.1. The van der Waals surface area contributed by atoms with Gasteiger partial charge in [0.1, 0.15) is 18.4 Å². The molecule has 3 aromatic rings. The van der Waals surface area contributed by atoms with E-state index in [9.17, 15) is 22.4 Å². The molecule has 0 bridgehead atoms. The Balaban J connectivity index is 1.67. The molecule has 4 rings (SSSR count). The van der Waals surface area contributed by atoms with E-state index in [0.717, 1.165) is 36.4 Å². The van der Waals surface area contributed by atoms with Gasteiger partial charge in [-0.25, -0.2) is 12.8 Å². The Labute approximate surface area is 240 Å². The number of anilines is 1. The molecule has 1 unspecified atom stereocenters. The number of carbonyl (C=O) groups excluding carboxylic acids is 2. The van der Waals surface area contributed by atoms with Crippen LogP contribution in [0.15, 0.2) is 83.8 Å². The minimum Gasteiger partial charge on any atom is -0.352 e. The highest BCUT2D eigenvalue weighted by atomic mass is 35.5. The number of halogens is 2. The lowest BCUT2D eigenvalue weighted by atomic mass is 9.95. The Hall–Kier alpha value is -3.43. The van der Waals surface area contributed by atoms with Crippen molar-refractivity contribution in [1.29, 1.82) is 0 Å². The smallest absolute Gasteiger partial charge is 0.264 e. The summed E-state index contributed by atoms with van der Waals surface area (Å²) < 4.78 is 43.2. The van der Waals surface area contributed by atoms with Crippen molar-refractivity contribution in [1.82, 2.24) is 10.2 Å². The lowest BCUT2D eigenvalue weighted by Gasteiger charge is -2.33. The van der Waals surface area contributed by atoms with Crippen molar-refractivity contribution in [3.05, 3.63) is 95.3 Å². The maximum absolute atomic E-state index is 14.7. The standard InChI is InChI=1S/C30H33ClFN3O4S/c1-22(30(37)33-25-13-4-2-5-14-25)34(20-23-11-8-9-18-28(23)32)29(36)21-35(26-15-10-12-24(31)19-26)40(38,39)27-16-6-3-7-17-27/h3,6-12,15-19,22,25H,2,4-5,13-14,20-21H2,1H3,(H,33,37). The molecule has 7 nitrogen and oxygen atoms in total. The van der Waals surface area contributed by atoms with Gasteiger partial charge in [-0.2, -0.15) is 0 Å². The molecule has 10 heteroatoms. The van der Waals surface area contributed by atoms with E-state index in [0.29, 0.717) is 5.02 Å². The fourth-order valence-corrected chi connectivity index (χ4v) is 6.45. The van der Waals surface area contributed by atoms with Crippen molar-refractivity contribution >= 4 is 39.1 Å². The molecule has 1 aliphatic rings. The van der Waals surface area contributed by atoms with E-state index in [1.807, 2.05) is 0 Å². The van der Waals surface area contributed by atoms with Gasteiger partial charge in [-0.15, -0.1) is 0 Å². The summed E-state index contributed by atoms with van der Waals surface area (Å²) in [4.78, 5) is 28.5. The number of hydrogen-bond acceptors (Lipinski definition) is 4. The number of nitrogens with zero attached hydrogens (tertiary/aromatic N) is 2. The highest BCUT2D eigenvalue weighted by Gasteiger charge is 2.33. The van der Waals surface area contributed by atoms with Crippen LogP contribution in [0.25, 0.3) is 0 Å². The second kappa shape index (κ2) is 13.3. The van der Waals surface area contributed by atoms with Crippen LogP contribution in [0.5, 0.6) is 0 Å². The third kappa shape index (κ3) is 7.20. The highest BCUT2D eigenvalue weighted by molar-refractivity contribution is 7.92. The van der Waals surface area contributed by atoms with E-state index < -0.39 is 34.3 Å². The zero-order chi connectivity index (χ0) is 28.7. The van der Waals surface area contributed by atoms with Crippen molar-refractivity contribution in [2.45, 2.75) is 62.6 Å². The van der Waals surface area contributed by atoms with Gasteiger partial charge in [0.2, 0.25) is 11.8 Å². The van der Waals surface area contributed by atoms with Crippen LogP contribution in [0.3, 0.4) is 0 Å². The molecule has 0 heterocycles. The van der Waals surface area contributed by atoms with Crippen molar-refractivity contribution in [3.63, 3.8) is 0 Å². The first kappa shape index (κ1) is 29.6. The summed E-state index contributed by atoms with van der Waals surface area (Å²) in [5, 5.41) is 3.32. The van der Waals surface area contributed by atoms with E-state index in [4.69, 9.17) is 11.6 Å². The van der Waals surface area contributed by atoms with Crippen LogP contribution in [-0.2, 0) is 26.2 Å². The summed E-state index contributed by atoms with van der Waals surface area (Å²) >= 11 is 6.18. The molecule has 2 amide bonds. The molecule has 3 aromatic carbocycles. The largest absolute Gasteiger partial charge is 0.352 e. The minimum atomic E-state index is -4.20. The predicted molar refractivity (Wildman–Crippen MR) is 154 cm³/mol. The van der Waals surface area contributed by atoms with E-state index in [-0.39, 0.29) is 34.6 Å². The van der Waals surface area contributed by atoms with Gasteiger partial charge in [0.15, 0.2) is 0 Å². The third-order valence-corrected chi connectivity index (χ3v) is 9.15. The monoisotopic (exact) mass is 585 g/mol. The maximum atomic E-state index is 14.7. The van der Waals surface area contributed by atoms with Crippen molar-refractivity contribution in [2.75, 3.05) is 10.8 Å². The summed E-state index contributed by atoms with van der Waals surface area (Å²) in [5.41, 5.74) is 0.406. The van der Waals surface area contributed by atoms with Gasteiger partial charge in [-0.05, 0) is 56.2 Å². The molecule has 40 heavy (non-hydrogen) atoms. The summed E-state index contributed by atoms with van der Waals surface area (Å²) in [5.74, 6) is -1.55. The zero-order valence-corrected chi connectivity index (χ0v) is 23.9. The average Bonchev–Trinajstić information content (AvgIpc) is 2.96. The first-order valence-electron chi connectivity index (χ1n) is 13.3. The van der Waals surface area contributed by atoms with Gasteiger partial charge >= 0.3 is 0 Å². The number of carbonyl (C=O) groups is 2. The second-order valence-corrected chi connectivity index (χ2v) is 12.2. The van der Waals surface area contributed by atoms with Crippen LogP contribution < -0.4 is 9.62 Å². The fourth-order valence-electron chi connectivity index (χ4n) is 4.84. The summed E-state index contributed by atoms with van der Waals surface area (Å²) in [6.07, 6.45) is 4.87. The molecule has 1 atom stereocenters. The zero-order valence-electron chi connectivity index (χ0n) is 22.3. The number of hydrogen-bond donors (Lipinski definition) is 1. The van der Waals surface area contributed by atoms with Gasteiger partial charge in [0.25, 0.3) is 10.0 Å². The lowest BCUT2D eigenvalue weighted by molar-refractivity contribution is -0.139. The van der Waals surface area contributed by atoms with Gasteiger partial charge in [0.05, 0.1) is 10.6 Å². The summed E-state index contributed by atoms with van der Waals surface area (Å²) in [7, 11) is -4.20. The molecule has 0 radical (unpaired) electrons. The van der Waals surface area contributed by atoms with E-state index in [1.54, 1.807) is 49.4 Å². The summed E-state index contributed by atoms with van der Waals surface area (Å²) in [6.45, 7) is 0.749. The highest BCUT2D eigenvalue weighted by Crippen LogP contribution is 2.27. The van der Waals surface area contributed by atoms with Gasteiger partial charge < -0.3 is 10.2 Å². The molecule has 1 aliphatic carbocycles. The van der Waals surface area contributed by atoms with Crippen LogP contribution >= 0.6 is 11.6 Å². The quantitative estimate of drug-likeness (QED) is 0.338. The number of sulfonamides is 1. The van der Waals surface area contributed by atoms with Crippen LogP contribution in [0.4, 0.5) is 10.1 Å². The normalized spacial score (nSPS) is 14.8. The topological polar surface area (TPSA) is 86.8 Å². The molecule has 212 valence electrons. The van der Waals surface area contributed by atoms with Crippen LogP contribution in [-0.4, -0.2) is 43.8 Å². The summed E-state index contributed by atoms with van der Waals surface area (Å²) in [6, 6.07) is 19.0. The Morgan fingerprint density at radius 1 is 0.975 bits per heavy atom. The van der Waals surface area contributed by atoms with Crippen molar-refractivity contribution < 1.29 is 22.4 Å². The molecular weight excluding hydrogens is 553 g/mol. The molecule has 0 aromatic heterocycles. The number of rotatable bonds is 10. The second-order valence-electron chi connectivity index (χ2n) is 9.94. The van der Waals surface area contributed by atoms with Crippen LogP contribution in [0.1, 0.15) is 44.6 Å². The van der Waals surface area contributed by atoms with Gasteiger partial charge in [0, 0.05) is 23.2 Å². The van der Waals surface area contributed by atoms with Crippen LogP contribution in [0.2, 0.25) is 5.02 Å². The van der Waals surface area contributed by atoms with E-state index in [1.165, 1.54) is 41.3 Å². The first-order chi connectivity index (χ1) is 19.2. The van der Waals surface area contributed by atoms with Gasteiger partial charge in [-0.3, -0.25) is 13.9 Å². The average molecular weight is 586 g/mol. The number of benzene rings is 3. The Kier molecular flexibility index (Phi) is 9.81.